The standard InChI is InChI=1S/C21H20N2O6/c1-27-19-10-9-17(23(25)26)12-20(19)29-15-21(24)22(14-18-8-5-11-28-18)13-16-6-3-2-4-7-16/h2-12H,13-15H2,1H3. The van der Waals surface area contributed by atoms with E-state index in [1.165, 1.54) is 25.3 Å². The van der Waals surface area contributed by atoms with Gasteiger partial charge in [0.2, 0.25) is 0 Å². The second-order valence-corrected chi connectivity index (χ2v) is 6.20. The van der Waals surface area contributed by atoms with Gasteiger partial charge in [0.25, 0.3) is 11.6 Å². The van der Waals surface area contributed by atoms with E-state index >= 15 is 0 Å². The van der Waals surface area contributed by atoms with Gasteiger partial charge in [-0.15, -0.1) is 0 Å². The average molecular weight is 396 g/mol. The molecule has 2 aromatic carbocycles. The lowest BCUT2D eigenvalue weighted by Crippen LogP contribution is -2.34. The number of methoxy groups -OCH3 is 1. The van der Waals surface area contributed by atoms with Gasteiger partial charge in [-0.1, -0.05) is 30.3 Å². The van der Waals surface area contributed by atoms with E-state index in [-0.39, 0.29) is 30.5 Å². The zero-order valence-corrected chi connectivity index (χ0v) is 15.8. The number of hydrogen-bond acceptors (Lipinski definition) is 6. The van der Waals surface area contributed by atoms with Crippen LogP contribution in [0.1, 0.15) is 11.3 Å². The molecule has 0 fully saturated rings. The molecule has 1 amide bonds. The summed E-state index contributed by atoms with van der Waals surface area (Å²) in [7, 11) is 1.43. The van der Waals surface area contributed by atoms with Crippen LogP contribution >= 0.6 is 0 Å². The quantitative estimate of drug-likeness (QED) is 0.403. The lowest BCUT2D eigenvalue weighted by Gasteiger charge is -2.22. The Morgan fingerprint density at radius 3 is 2.52 bits per heavy atom. The van der Waals surface area contributed by atoms with Gasteiger partial charge in [0, 0.05) is 12.6 Å². The molecule has 1 heterocycles. The van der Waals surface area contributed by atoms with Crippen LogP contribution < -0.4 is 9.47 Å². The Bertz CT molecular complexity index is 957. The third-order valence-corrected chi connectivity index (χ3v) is 4.20. The first-order valence-corrected chi connectivity index (χ1v) is 8.86. The number of nitrogens with zero attached hydrogens (tertiary/aromatic N) is 2. The molecule has 0 unspecified atom stereocenters. The number of hydrogen-bond donors (Lipinski definition) is 0. The van der Waals surface area contributed by atoms with Crippen LogP contribution in [-0.2, 0) is 17.9 Å². The van der Waals surface area contributed by atoms with Crippen molar-refractivity contribution in [2.24, 2.45) is 0 Å². The molecule has 1 aromatic heterocycles. The molecule has 0 saturated carbocycles. The van der Waals surface area contributed by atoms with Gasteiger partial charge in [-0.2, -0.15) is 0 Å². The van der Waals surface area contributed by atoms with E-state index < -0.39 is 4.92 Å². The summed E-state index contributed by atoms with van der Waals surface area (Å²) in [5, 5.41) is 11.0. The highest BCUT2D eigenvalue weighted by atomic mass is 16.6. The third kappa shape index (κ3) is 5.35. The molecule has 0 aliphatic carbocycles. The Kier molecular flexibility index (Phi) is 6.47. The minimum absolute atomic E-state index is 0.132. The summed E-state index contributed by atoms with van der Waals surface area (Å²) in [6.45, 7) is 0.344. The number of carbonyl (C=O) groups excluding carboxylic acids is 1. The Labute approximate surface area is 167 Å². The number of furan rings is 1. The molecule has 3 aromatic rings. The van der Waals surface area contributed by atoms with E-state index in [4.69, 9.17) is 13.9 Å². The molecule has 29 heavy (non-hydrogen) atoms. The van der Waals surface area contributed by atoms with Crippen LogP contribution in [0.4, 0.5) is 5.69 Å². The molecule has 3 rings (SSSR count). The van der Waals surface area contributed by atoms with Gasteiger partial charge in [0.05, 0.1) is 30.9 Å². The molecule has 0 bridgehead atoms. The normalized spacial score (nSPS) is 10.4. The zero-order chi connectivity index (χ0) is 20.6. The lowest BCUT2D eigenvalue weighted by atomic mass is 10.2. The van der Waals surface area contributed by atoms with Crippen molar-refractivity contribution < 1.29 is 23.6 Å². The maximum absolute atomic E-state index is 12.9. The first-order valence-electron chi connectivity index (χ1n) is 8.86. The van der Waals surface area contributed by atoms with Crippen LogP contribution in [0.25, 0.3) is 0 Å². The van der Waals surface area contributed by atoms with E-state index in [2.05, 4.69) is 0 Å². The molecule has 0 spiro atoms. The third-order valence-electron chi connectivity index (χ3n) is 4.20. The number of amides is 1. The van der Waals surface area contributed by atoms with E-state index in [0.717, 1.165) is 5.56 Å². The fourth-order valence-corrected chi connectivity index (χ4v) is 2.75. The molecule has 8 heteroatoms. The number of rotatable bonds is 9. The number of carbonyl (C=O) groups is 1. The van der Waals surface area contributed by atoms with Crippen molar-refractivity contribution in [3.63, 3.8) is 0 Å². The van der Waals surface area contributed by atoms with Crippen LogP contribution in [0.3, 0.4) is 0 Å². The SMILES string of the molecule is COc1ccc([N+](=O)[O-])cc1OCC(=O)N(Cc1ccccc1)Cc1ccco1. The molecule has 0 atom stereocenters. The molecule has 150 valence electrons. The molecular formula is C21H20N2O6. The van der Waals surface area contributed by atoms with Crippen LogP contribution in [0.5, 0.6) is 11.5 Å². The fourth-order valence-electron chi connectivity index (χ4n) is 2.75. The van der Waals surface area contributed by atoms with Crippen molar-refractivity contribution in [2.75, 3.05) is 13.7 Å². The van der Waals surface area contributed by atoms with Gasteiger partial charge in [-0.3, -0.25) is 14.9 Å². The Hall–Kier alpha value is -3.81. The zero-order valence-electron chi connectivity index (χ0n) is 15.8. The summed E-state index contributed by atoms with van der Waals surface area (Å²) in [6, 6.07) is 17.1. The van der Waals surface area contributed by atoms with Gasteiger partial charge in [-0.05, 0) is 23.8 Å². The summed E-state index contributed by atoms with van der Waals surface area (Å²) in [4.78, 5) is 24.9. The summed E-state index contributed by atoms with van der Waals surface area (Å²) < 4.78 is 16.1. The van der Waals surface area contributed by atoms with E-state index in [1.54, 1.807) is 23.3 Å². The summed E-state index contributed by atoms with van der Waals surface area (Å²) >= 11 is 0. The van der Waals surface area contributed by atoms with Crippen molar-refractivity contribution in [3.8, 4) is 11.5 Å². The molecule has 8 nitrogen and oxygen atoms in total. The molecule has 0 N–H and O–H groups in total. The van der Waals surface area contributed by atoms with Gasteiger partial charge >= 0.3 is 0 Å². The van der Waals surface area contributed by atoms with Gasteiger partial charge in [0.15, 0.2) is 18.1 Å². The second kappa shape index (κ2) is 9.41. The minimum atomic E-state index is -0.535. The summed E-state index contributed by atoms with van der Waals surface area (Å²) in [6.07, 6.45) is 1.55. The van der Waals surface area contributed by atoms with E-state index in [9.17, 15) is 14.9 Å². The predicted molar refractivity (Wildman–Crippen MR) is 105 cm³/mol. The van der Waals surface area contributed by atoms with Crippen molar-refractivity contribution in [1.82, 2.24) is 4.90 Å². The highest BCUT2D eigenvalue weighted by molar-refractivity contribution is 5.78. The first kappa shape index (κ1) is 19.9. The van der Waals surface area contributed by atoms with Gasteiger partial charge < -0.3 is 18.8 Å². The van der Waals surface area contributed by atoms with E-state index in [0.29, 0.717) is 18.1 Å². The average Bonchev–Trinajstić information content (AvgIpc) is 3.25. The Balaban J connectivity index is 1.74. The second-order valence-electron chi connectivity index (χ2n) is 6.20. The topological polar surface area (TPSA) is 95.1 Å². The van der Waals surface area contributed by atoms with Crippen LogP contribution in [0.15, 0.2) is 71.3 Å². The molecular weight excluding hydrogens is 376 g/mol. The largest absolute Gasteiger partial charge is 0.493 e. The smallest absolute Gasteiger partial charge is 0.273 e. The van der Waals surface area contributed by atoms with Gasteiger partial charge in [0.1, 0.15) is 5.76 Å². The molecule has 0 aliphatic rings. The van der Waals surface area contributed by atoms with Crippen molar-refractivity contribution in [1.29, 1.82) is 0 Å². The maximum Gasteiger partial charge on any atom is 0.273 e. The number of benzene rings is 2. The Morgan fingerprint density at radius 1 is 1.07 bits per heavy atom. The molecule has 0 aliphatic heterocycles. The predicted octanol–water partition coefficient (Wildman–Crippen LogP) is 3.80. The van der Waals surface area contributed by atoms with Crippen molar-refractivity contribution in [3.05, 3.63) is 88.4 Å². The van der Waals surface area contributed by atoms with Crippen LogP contribution in [0.2, 0.25) is 0 Å². The van der Waals surface area contributed by atoms with Gasteiger partial charge in [-0.25, -0.2) is 0 Å². The number of non-ortho nitro benzene ring substituents is 1. The van der Waals surface area contributed by atoms with Crippen molar-refractivity contribution in [2.45, 2.75) is 13.1 Å². The van der Waals surface area contributed by atoms with Crippen LogP contribution in [0, 0.1) is 10.1 Å². The highest BCUT2D eigenvalue weighted by Crippen LogP contribution is 2.31. The monoisotopic (exact) mass is 396 g/mol. The highest BCUT2D eigenvalue weighted by Gasteiger charge is 2.19. The summed E-state index contributed by atoms with van der Waals surface area (Å²) in [5.74, 6) is 0.790. The van der Waals surface area contributed by atoms with Crippen molar-refractivity contribution >= 4 is 11.6 Å². The van der Waals surface area contributed by atoms with Crippen LogP contribution in [-0.4, -0.2) is 29.4 Å². The Morgan fingerprint density at radius 2 is 1.86 bits per heavy atom. The molecule has 0 saturated heterocycles. The fraction of sp³-hybridized carbons (Fsp3) is 0.190. The number of nitro groups is 1. The first-order chi connectivity index (χ1) is 14.1. The number of ether oxygens (including phenoxy) is 2. The molecule has 0 radical (unpaired) electrons. The number of nitro benzene ring substituents is 1. The van der Waals surface area contributed by atoms with E-state index in [1.807, 2.05) is 30.3 Å². The minimum Gasteiger partial charge on any atom is -0.493 e. The summed E-state index contributed by atoms with van der Waals surface area (Å²) in [5.41, 5.74) is 0.810. The maximum atomic E-state index is 12.9. The lowest BCUT2D eigenvalue weighted by molar-refractivity contribution is -0.385.